The van der Waals surface area contributed by atoms with Crippen LogP contribution in [0, 0.1) is 11.7 Å². The standard InChI is InChI=1S/C15H21FN2O3/c1-2-4-12(14(19)20)10-18-15(21)17-8-7-11-5-3-6-13(16)9-11/h3,5-6,9,12H,2,4,7-8,10H2,1H3,(H,19,20)(H2,17,18,21). The first kappa shape index (κ1) is 16.9. The zero-order chi connectivity index (χ0) is 15.7. The molecule has 0 fully saturated rings. The molecule has 1 aromatic carbocycles. The Kier molecular flexibility index (Phi) is 7.21. The van der Waals surface area contributed by atoms with Crippen LogP contribution in [0.1, 0.15) is 25.3 Å². The number of urea groups is 1. The number of rotatable bonds is 8. The first-order chi connectivity index (χ1) is 10.0. The molecule has 0 bridgehead atoms. The predicted molar refractivity (Wildman–Crippen MR) is 77.5 cm³/mol. The van der Waals surface area contributed by atoms with E-state index in [0.717, 1.165) is 12.0 Å². The quantitative estimate of drug-likeness (QED) is 0.688. The van der Waals surface area contributed by atoms with Gasteiger partial charge in [-0.15, -0.1) is 0 Å². The van der Waals surface area contributed by atoms with E-state index in [2.05, 4.69) is 10.6 Å². The Bertz CT molecular complexity index is 480. The summed E-state index contributed by atoms with van der Waals surface area (Å²) in [6, 6.07) is 5.77. The van der Waals surface area contributed by atoms with Crippen LogP contribution in [0.2, 0.25) is 0 Å². The van der Waals surface area contributed by atoms with Crippen molar-refractivity contribution in [2.75, 3.05) is 13.1 Å². The number of carbonyl (C=O) groups is 2. The molecule has 1 atom stereocenters. The summed E-state index contributed by atoms with van der Waals surface area (Å²) in [7, 11) is 0. The Morgan fingerprint density at radius 3 is 2.71 bits per heavy atom. The summed E-state index contributed by atoms with van der Waals surface area (Å²) in [5.74, 6) is -1.78. The van der Waals surface area contributed by atoms with Gasteiger partial charge in [-0.25, -0.2) is 9.18 Å². The molecule has 0 radical (unpaired) electrons. The summed E-state index contributed by atoms with van der Waals surface area (Å²) >= 11 is 0. The summed E-state index contributed by atoms with van der Waals surface area (Å²) in [5, 5.41) is 14.1. The van der Waals surface area contributed by atoms with E-state index in [9.17, 15) is 14.0 Å². The molecule has 5 nitrogen and oxygen atoms in total. The van der Waals surface area contributed by atoms with Gasteiger partial charge in [0.2, 0.25) is 0 Å². The van der Waals surface area contributed by atoms with Crippen molar-refractivity contribution in [2.24, 2.45) is 5.92 Å². The van der Waals surface area contributed by atoms with Crippen LogP contribution in [0.5, 0.6) is 0 Å². The largest absolute Gasteiger partial charge is 0.481 e. The molecular weight excluding hydrogens is 275 g/mol. The number of carboxylic acids is 1. The van der Waals surface area contributed by atoms with E-state index in [4.69, 9.17) is 5.11 Å². The van der Waals surface area contributed by atoms with Crippen molar-refractivity contribution in [1.29, 1.82) is 0 Å². The molecule has 1 rings (SSSR count). The molecular formula is C15H21FN2O3. The van der Waals surface area contributed by atoms with Gasteiger partial charge in [0, 0.05) is 13.1 Å². The Balaban J connectivity index is 2.26. The fraction of sp³-hybridized carbons (Fsp3) is 0.467. The molecule has 0 aliphatic rings. The van der Waals surface area contributed by atoms with Crippen LogP contribution in [-0.2, 0) is 11.2 Å². The van der Waals surface area contributed by atoms with Crippen LogP contribution in [0.15, 0.2) is 24.3 Å². The van der Waals surface area contributed by atoms with Crippen LogP contribution >= 0.6 is 0 Å². The molecule has 0 saturated carbocycles. The topological polar surface area (TPSA) is 78.4 Å². The Hall–Kier alpha value is -2.11. The van der Waals surface area contributed by atoms with Gasteiger partial charge in [0.25, 0.3) is 0 Å². The van der Waals surface area contributed by atoms with Crippen molar-refractivity contribution in [2.45, 2.75) is 26.2 Å². The van der Waals surface area contributed by atoms with E-state index < -0.39 is 17.9 Å². The summed E-state index contributed by atoms with van der Waals surface area (Å²) in [5.41, 5.74) is 0.796. The van der Waals surface area contributed by atoms with E-state index in [-0.39, 0.29) is 12.4 Å². The average Bonchev–Trinajstić information content (AvgIpc) is 2.43. The Morgan fingerprint density at radius 1 is 1.33 bits per heavy atom. The molecule has 1 aromatic rings. The van der Waals surface area contributed by atoms with Gasteiger partial charge >= 0.3 is 12.0 Å². The van der Waals surface area contributed by atoms with Crippen molar-refractivity contribution < 1.29 is 19.1 Å². The SMILES string of the molecule is CCCC(CNC(=O)NCCc1cccc(F)c1)C(=O)O. The number of carboxylic acid groups (broad SMARTS) is 1. The number of halogens is 1. The van der Waals surface area contributed by atoms with E-state index in [0.29, 0.717) is 19.4 Å². The van der Waals surface area contributed by atoms with Crippen LogP contribution in [-0.4, -0.2) is 30.2 Å². The first-order valence-electron chi connectivity index (χ1n) is 7.02. The van der Waals surface area contributed by atoms with Crippen molar-refractivity contribution in [3.05, 3.63) is 35.6 Å². The molecule has 0 aliphatic heterocycles. The van der Waals surface area contributed by atoms with Gasteiger partial charge in [-0.1, -0.05) is 25.5 Å². The van der Waals surface area contributed by atoms with Gasteiger partial charge < -0.3 is 15.7 Å². The molecule has 1 unspecified atom stereocenters. The van der Waals surface area contributed by atoms with Crippen molar-refractivity contribution in [3.63, 3.8) is 0 Å². The van der Waals surface area contributed by atoms with Crippen molar-refractivity contribution in [3.8, 4) is 0 Å². The molecule has 0 heterocycles. The third kappa shape index (κ3) is 6.74. The zero-order valence-electron chi connectivity index (χ0n) is 12.1. The third-order valence-corrected chi connectivity index (χ3v) is 3.08. The van der Waals surface area contributed by atoms with Gasteiger partial charge in [0.05, 0.1) is 5.92 Å². The highest BCUT2D eigenvalue weighted by Crippen LogP contribution is 2.05. The second-order valence-corrected chi connectivity index (χ2v) is 4.84. The number of nitrogens with one attached hydrogen (secondary N) is 2. The highest BCUT2D eigenvalue weighted by Gasteiger charge is 2.16. The second-order valence-electron chi connectivity index (χ2n) is 4.84. The van der Waals surface area contributed by atoms with Crippen molar-refractivity contribution in [1.82, 2.24) is 10.6 Å². The van der Waals surface area contributed by atoms with Gasteiger partial charge in [-0.05, 0) is 30.5 Å². The fourth-order valence-electron chi connectivity index (χ4n) is 1.95. The van der Waals surface area contributed by atoms with Gasteiger partial charge in [0.1, 0.15) is 5.82 Å². The number of carbonyl (C=O) groups excluding carboxylic acids is 1. The molecule has 21 heavy (non-hydrogen) atoms. The monoisotopic (exact) mass is 296 g/mol. The number of aliphatic carboxylic acids is 1. The summed E-state index contributed by atoms with van der Waals surface area (Å²) in [6.07, 6.45) is 1.79. The highest BCUT2D eigenvalue weighted by atomic mass is 19.1. The van der Waals surface area contributed by atoms with Crippen molar-refractivity contribution >= 4 is 12.0 Å². The van der Waals surface area contributed by atoms with E-state index in [1.165, 1.54) is 12.1 Å². The minimum absolute atomic E-state index is 0.106. The molecule has 0 aliphatic carbocycles. The number of amides is 2. The molecule has 6 heteroatoms. The first-order valence-corrected chi connectivity index (χ1v) is 7.02. The van der Waals surface area contributed by atoms with Crippen LogP contribution in [0.4, 0.5) is 9.18 Å². The molecule has 0 spiro atoms. The third-order valence-electron chi connectivity index (χ3n) is 3.08. The lowest BCUT2D eigenvalue weighted by molar-refractivity contribution is -0.141. The lowest BCUT2D eigenvalue weighted by Gasteiger charge is -2.13. The lowest BCUT2D eigenvalue weighted by Crippen LogP contribution is -2.40. The van der Waals surface area contributed by atoms with Gasteiger partial charge in [0.15, 0.2) is 0 Å². The lowest BCUT2D eigenvalue weighted by atomic mass is 10.0. The zero-order valence-corrected chi connectivity index (χ0v) is 12.1. The maximum absolute atomic E-state index is 13.0. The normalized spacial score (nSPS) is 11.7. The maximum Gasteiger partial charge on any atom is 0.314 e. The average molecular weight is 296 g/mol. The van der Waals surface area contributed by atoms with Gasteiger partial charge in [-0.3, -0.25) is 4.79 Å². The second kappa shape index (κ2) is 8.94. The van der Waals surface area contributed by atoms with Crippen LogP contribution in [0.25, 0.3) is 0 Å². The minimum Gasteiger partial charge on any atom is -0.481 e. The molecule has 116 valence electrons. The van der Waals surface area contributed by atoms with E-state index >= 15 is 0 Å². The molecule has 0 aromatic heterocycles. The Morgan fingerprint density at radius 2 is 2.10 bits per heavy atom. The van der Waals surface area contributed by atoms with Crippen LogP contribution in [0.3, 0.4) is 0 Å². The minimum atomic E-state index is -0.906. The number of benzene rings is 1. The summed E-state index contributed by atoms with van der Waals surface area (Å²) in [6.45, 7) is 2.37. The van der Waals surface area contributed by atoms with E-state index in [1.54, 1.807) is 12.1 Å². The summed E-state index contributed by atoms with van der Waals surface area (Å²) < 4.78 is 13.0. The molecule has 3 N–H and O–H groups in total. The molecule has 2 amide bonds. The smallest absolute Gasteiger partial charge is 0.314 e. The van der Waals surface area contributed by atoms with Gasteiger partial charge in [-0.2, -0.15) is 0 Å². The summed E-state index contributed by atoms with van der Waals surface area (Å²) in [4.78, 5) is 22.5. The molecule has 0 saturated heterocycles. The number of hydrogen-bond donors (Lipinski definition) is 3. The maximum atomic E-state index is 13.0. The number of hydrogen-bond acceptors (Lipinski definition) is 2. The van der Waals surface area contributed by atoms with Crippen LogP contribution < -0.4 is 10.6 Å². The Labute approximate surface area is 123 Å². The van der Waals surface area contributed by atoms with E-state index in [1.807, 2.05) is 6.92 Å². The highest BCUT2D eigenvalue weighted by molar-refractivity contribution is 5.75. The predicted octanol–water partition coefficient (Wildman–Crippen LogP) is 2.17. The fourth-order valence-corrected chi connectivity index (χ4v) is 1.95.